The lowest BCUT2D eigenvalue weighted by molar-refractivity contribution is -0.120. The number of benzene rings is 3. The van der Waals surface area contributed by atoms with Gasteiger partial charge in [-0.3, -0.25) is 9.10 Å². The smallest absolute Gasteiger partial charge is 0.264 e. The number of rotatable bonds is 10. The Hall–Kier alpha value is -3.23. The first kappa shape index (κ1) is 29.3. The molecule has 3 rings (SSSR count). The molecule has 0 heterocycles. The summed E-state index contributed by atoms with van der Waals surface area (Å²) in [6, 6.07) is 14.7. The van der Waals surface area contributed by atoms with Gasteiger partial charge in [-0.05, 0) is 85.8 Å². The van der Waals surface area contributed by atoms with Crippen LogP contribution in [0.4, 0.5) is 5.69 Å². The molecule has 38 heavy (non-hydrogen) atoms. The summed E-state index contributed by atoms with van der Waals surface area (Å²) < 4.78 is 39.2. The van der Waals surface area contributed by atoms with Crippen LogP contribution in [0.1, 0.15) is 55.0 Å². The van der Waals surface area contributed by atoms with Gasteiger partial charge >= 0.3 is 0 Å². The minimum Gasteiger partial charge on any atom is -0.496 e. The van der Waals surface area contributed by atoms with E-state index in [0.29, 0.717) is 5.75 Å². The lowest BCUT2D eigenvalue weighted by Crippen LogP contribution is -2.41. The fraction of sp³-hybridized carbons (Fsp3) is 0.345. The van der Waals surface area contributed by atoms with Gasteiger partial charge < -0.3 is 14.8 Å². The maximum Gasteiger partial charge on any atom is 0.264 e. The third-order valence-electron chi connectivity index (χ3n) is 6.40. The predicted octanol–water partition coefficient (Wildman–Crippen LogP) is 6.17. The topological polar surface area (TPSA) is 84.9 Å². The summed E-state index contributed by atoms with van der Waals surface area (Å²) in [7, 11) is -0.968. The number of aryl methyl sites for hydroxylation is 2. The van der Waals surface area contributed by atoms with E-state index in [1.165, 1.54) is 25.3 Å². The summed E-state index contributed by atoms with van der Waals surface area (Å²) in [6.45, 7) is 9.42. The van der Waals surface area contributed by atoms with Crippen molar-refractivity contribution in [2.45, 2.75) is 51.5 Å². The molecule has 0 spiro atoms. The molecule has 0 saturated heterocycles. The lowest BCUT2D eigenvalue weighted by Gasteiger charge is -2.26. The summed E-state index contributed by atoms with van der Waals surface area (Å²) in [4.78, 5) is 13.4. The van der Waals surface area contributed by atoms with E-state index in [1.54, 1.807) is 31.4 Å². The van der Waals surface area contributed by atoms with Gasteiger partial charge in [-0.1, -0.05) is 43.1 Å². The SMILES string of the molecule is COc1ccc(N(CC(=O)N[C@H](C)c2cc(C(C)C)c(OC)cc2C)S(=O)(=O)c2ccc(C)cc2)cc1Cl. The van der Waals surface area contributed by atoms with Crippen molar-refractivity contribution in [3.8, 4) is 11.5 Å². The molecule has 0 radical (unpaired) electrons. The number of nitrogens with one attached hydrogen (secondary N) is 1. The molecule has 3 aromatic carbocycles. The van der Waals surface area contributed by atoms with E-state index in [4.69, 9.17) is 21.1 Å². The van der Waals surface area contributed by atoms with Gasteiger partial charge in [0.2, 0.25) is 5.91 Å². The predicted molar refractivity (Wildman–Crippen MR) is 152 cm³/mol. The number of ether oxygens (including phenoxy) is 2. The number of hydrogen-bond donors (Lipinski definition) is 1. The van der Waals surface area contributed by atoms with E-state index in [2.05, 4.69) is 19.2 Å². The third-order valence-corrected chi connectivity index (χ3v) is 8.49. The molecule has 0 fully saturated rings. The van der Waals surface area contributed by atoms with Gasteiger partial charge in [0.15, 0.2) is 0 Å². The maximum absolute atomic E-state index is 13.7. The first-order chi connectivity index (χ1) is 17.9. The Balaban J connectivity index is 1.95. The molecular weight excluding hydrogens is 524 g/mol. The highest BCUT2D eigenvalue weighted by Crippen LogP contribution is 2.33. The van der Waals surface area contributed by atoms with Crippen LogP contribution in [0.2, 0.25) is 5.02 Å². The Bertz CT molecular complexity index is 1410. The summed E-state index contributed by atoms with van der Waals surface area (Å²) in [5, 5.41) is 3.20. The van der Waals surface area contributed by atoms with Crippen molar-refractivity contribution in [2.75, 3.05) is 25.1 Å². The first-order valence-corrected chi connectivity index (χ1v) is 14.1. The zero-order chi connectivity index (χ0) is 28.2. The van der Waals surface area contributed by atoms with Gasteiger partial charge in [-0.25, -0.2) is 8.42 Å². The summed E-state index contributed by atoms with van der Waals surface area (Å²) >= 11 is 6.32. The summed E-state index contributed by atoms with van der Waals surface area (Å²) in [6.07, 6.45) is 0. The zero-order valence-corrected chi connectivity index (χ0v) is 24.4. The molecule has 9 heteroatoms. The highest BCUT2D eigenvalue weighted by molar-refractivity contribution is 7.92. The Morgan fingerprint density at radius 1 is 0.921 bits per heavy atom. The molecule has 0 aliphatic rings. The molecule has 1 atom stereocenters. The number of amides is 1. The first-order valence-electron chi connectivity index (χ1n) is 12.3. The molecule has 1 N–H and O–H groups in total. The van der Waals surface area contributed by atoms with Crippen LogP contribution >= 0.6 is 11.6 Å². The number of carbonyl (C=O) groups is 1. The molecule has 0 aromatic heterocycles. The Morgan fingerprint density at radius 2 is 1.55 bits per heavy atom. The molecule has 0 aliphatic carbocycles. The fourth-order valence-corrected chi connectivity index (χ4v) is 5.93. The number of halogens is 1. The standard InChI is InChI=1S/C29H35ClN2O5S/c1-18(2)24-16-25(20(4)14-28(24)37-7)21(5)31-29(33)17-32(22-10-13-27(36-6)26(30)15-22)38(34,35)23-11-8-19(3)9-12-23/h8-16,18,21H,17H2,1-7H3,(H,31,33)/t21-/m1/s1. The van der Waals surface area contributed by atoms with Crippen molar-refractivity contribution in [3.63, 3.8) is 0 Å². The van der Waals surface area contributed by atoms with Crippen LogP contribution in [0, 0.1) is 13.8 Å². The quantitative estimate of drug-likeness (QED) is 0.321. The largest absolute Gasteiger partial charge is 0.496 e. The average Bonchev–Trinajstić information content (AvgIpc) is 2.86. The number of anilines is 1. The lowest BCUT2D eigenvalue weighted by atomic mass is 9.93. The van der Waals surface area contributed by atoms with Gasteiger partial charge in [0.1, 0.15) is 18.0 Å². The van der Waals surface area contributed by atoms with Crippen LogP contribution in [0.3, 0.4) is 0 Å². The Morgan fingerprint density at radius 3 is 2.11 bits per heavy atom. The van der Waals surface area contributed by atoms with Crippen LogP contribution in [-0.4, -0.2) is 35.1 Å². The molecular formula is C29H35ClN2O5S. The van der Waals surface area contributed by atoms with E-state index in [9.17, 15) is 13.2 Å². The number of hydrogen-bond acceptors (Lipinski definition) is 5. The van der Waals surface area contributed by atoms with Crippen molar-refractivity contribution in [2.24, 2.45) is 0 Å². The molecule has 7 nitrogen and oxygen atoms in total. The van der Waals surface area contributed by atoms with E-state index in [0.717, 1.165) is 32.3 Å². The van der Waals surface area contributed by atoms with Crippen molar-refractivity contribution >= 4 is 33.2 Å². The minimum absolute atomic E-state index is 0.0727. The van der Waals surface area contributed by atoms with Gasteiger partial charge in [-0.2, -0.15) is 0 Å². The average molecular weight is 559 g/mol. The van der Waals surface area contributed by atoms with Crippen LogP contribution in [0.25, 0.3) is 0 Å². The molecule has 1 amide bonds. The van der Waals surface area contributed by atoms with E-state index >= 15 is 0 Å². The van der Waals surface area contributed by atoms with Crippen molar-refractivity contribution < 1.29 is 22.7 Å². The van der Waals surface area contributed by atoms with Crippen LogP contribution in [-0.2, 0) is 14.8 Å². The van der Waals surface area contributed by atoms with Gasteiger partial charge in [0, 0.05) is 0 Å². The fourth-order valence-electron chi connectivity index (χ4n) is 4.27. The van der Waals surface area contributed by atoms with Crippen molar-refractivity contribution in [1.82, 2.24) is 5.32 Å². The van der Waals surface area contributed by atoms with Crippen LogP contribution in [0.5, 0.6) is 11.5 Å². The second-order valence-electron chi connectivity index (χ2n) is 9.54. The molecule has 0 saturated carbocycles. The molecule has 0 bridgehead atoms. The summed E-state index contributed by atoms with van der Waals surface area (Å²) in [5.41, 5.74) is 4.10. The highest BCUT2D eigenvalue weighted by atomic mass is 35.5. The highest BCUT2D eigenvalue weighted by Gasteiger charge is 2.28. The van der Waals surface area contributed by atoms with Gasteiger partial charge in [0.25, 0.3) is 10.0 Å². The molecule has 3 aromatic rings. The maximum atomic E-state index is 13.7. The number of carbonyl (C=O) groups excluding carboxylic acids is 1. The third kappa shape index (κ3) is 6.42. The van der Waals surface area contributed by atoms with Gasteiger partial charge in [-0.15, -0.1) is 0 Å². The van der Waals surface area contributed by atoms with Crippen molar-refractivity contribution in [3.05, 3.63) is 81.9 Å². The summed E-state index contributed by atoms with van der Waals surface area (Å²) in [5.74, 6) is 0.965. The minimum atomic E-state index is -4.08. The number of sulfonamides is 1. The number of methoxy groups -OCH3 is 2. The Labute approximate surface area is 230 Å². The van der Waals surface area contributed by atoms with E-state index in [-0.39, 0.29) is 27.6 Å². The van der Waals surface area contributed by atoms with E-state index < -0.39 is 22.5 Å². The normalized spacial score (nSPS) is 12.2. The number of nitrogens with zero attached hydrogens (tertiary/aromatic N) is 1. The Kier molecular flexibility index (Phi) is 9.33. The molecule has 0 unspecified atom stereocenters. The zero-order valence-electron chi connectivity index (χ0n) is 22.8. The van der Waals surface area contributed by atoms with Crippen LogP contribution in [0.15, 0.2) is 59.5 Å². The van der Waals surface area contributed by atoms with Crippen molar-refractivity contribution in [1.29, 1.82) is 0 Å². The molecule has 204 valence electrons. The monoisotopic (exact) mass is 558 g/mol. The van der Waals surface area contributed by atoms with E-state index in [1.807, 2.05) is 32.9 Å². The second-order valence-corrected chi connectivity index (χ2v) is 11.8. The second kappa shape index (κ2) is 12.1. The van der Waals surface area contributed by atoms with Gasteiger partial charge in [0.05, 0.1) is 35.9 Å². The van der Waals surface area contributed by atoms with Crippen LogP contribution < -0.4 is 19.1 Å². The molecule has 0 aliphatic heterocycles.